The second kappa shape index (κ2) is 6.00. The number of rotatable bonds is 4. The molecule has 0 aromatic heterocycles. The van der Waals surface area contributed by atoms with E-state index < -0.39 is 5.91 Å². The highest BCUT2D eigenvalue weighted by atomic mass is 16.1. The number of primary amides is 1. The van der Waals surface area contributed by atoms with Gasteiger partial charge in [-0.05, 0) is 67.6 Å². The zero-order valence-corrected chi connectivity index (χ0v) is 13.1. The Morgan fingerprint density at radius 3 is 2.38 bits per heavy atom. The number of benzene rings is 2. The van der Waals surface area contributed by atoms with Crippen molar-refractivity contribution in [3.05, 3.63) is 63.7 Å². The lowest BCUT2D eigenvalue weighted by Crippen LogP contribution is -2.14. The van der Waals surface area contributed by atoms with E-state index in [1.54, 1.807) is 6.07 Å². The average molecular weight is 282 g/mol. The van der Waals surface area contributed by atoms with E-state index in [9.17, 15) is 4.79 Å². The molecule has 0 radical (unpaired) electrons. The molecule has 110 valence electrons. The molecule has 3 N–H and O–H groups in total. The molecule has 0 unspecified atom stereocenters. The van der Waals surface area contributed by atoms with Crippen LogP contribution in [0.5, 0.6) is 0 Å². The minimum atomic E-state index is -0.390. The molecular weight excluding hydrogens is 260 g/mol. The third-order valence-corrected chi connectivity index (χ3v) is 4.02. The van der Waals surface area contributed by atoms with Crippen LogP contribution in [0.15, 0.2) is 30.3 Å². The molecule has 3 heteroatoms. The van der Waals surface area contributed by atoms with E-state index >= 15 is 0 Å². The predicted molar refractivity (Wildman–Crippen MR) is 87.7 cm³/mol. The number of carbonyl (C=O) groups is 1. The van der Waals surface area contributed by atoms with Crippen LogP contribution < -0.4 is 11.1 Å². The van der Waals surface area contributed by atoms with Crippen LogP contribution in [0, 0.1) is 27.7 Å². The molecule has 21 heavy (non-hydrogen) atoms. The van der Waals surface area contributed by atoms with Gasteiger partial charge in [-0.3, -0.25) is 4.79 Å². The van der Waals surface area contributed by atoms with Crippen molar-refractivity contribution < 1.29 is 4.79 Å². The molecule has 0 aliphatic heterocycles. The fraction of sp³-hybridized carbons (Fsp3) is 0.278. The van der Waals surface area contributed by atoms with Crippen molar-refractivity contribution in [2.24, 2.45) is 5.73 Å². The first-order valence-corrected chi connectivity index (χ1v) is 7.10. The van der Waals surface area contributed by atoms with Crippen LogP contribution in [0.3, 0.4) is 0 Å². The summed E-state index contributed by atoms with van der Waals surface area (Å²) in [6.45, 7) is 9.01. The number of carbonyl (C=O) groups excluding carboxylic acids is 1. The molecular formula is C18H22N2O. The van der Waals surface area contributed by atoms with Crippen molar-refractivity contribution >= 4 is 11.6 Å². The maximum absolute atomic E-state index is 11.4. The van der Waals surface area contributed by atoms with E-state index in [0.717, 1.165) is 17.8 Å². The summed E-state index contributed by atoms with van der Waals surface area (Å²) in [5, 5.41) is 3.40. The molecule has 0 fully saturated rings. The Labute approximate surface area is 126 Å². The smallest absolute Gasteiger partial charge is 0.249 e. The summed E-state index contributed by atoms with van der Waals surface area (Å²) in [4.78, 5) is 11.4. The maximum Gasteiger partial charge on any atom is 0.249 e. The van der Waals surface area contributed by atoms with E-state index in [-0.39, 0.29) is 0 Å². The molecule has 2 aromatic carbocycles. The zero-order valence-electron chi connectivity index (χ0n) is 13.1. The standard InChI is InChI=1S/C18H22N2O/c1-11-8-13(3)15(9-12(11)2)10-20-17-7-5-6-16(14(17)4)18(19)21/h5-9,20H,10H2,1-4H3,(H2,19,21). The number of nitrogens with two attached hydrogens (primary N) is 1. The Hall–Kier alpha value is -2.29. The molecule has 3 nitrogen and oxygen atoms in total. The van der Waals surface area contributed by atoms with Crippen LogP contribution in [0.25, 0.3) is 0 Å². The third kappa shape index (κ3) is 3.24. The summed E-state index contributed by atoms with van der Waals surface area (Å²) in [7, 11) is 0. The van der Waals surface area contributed by atoms with Crippen LogP contribution in [-0.2, 0) is 6.54 Å². The first-order chi connectivity index (χ1) is 9.90. The molecule has 2 aromatic rings. The molecule has 0 aliphatic carbocycles. The number of hydrogen-bond donors (Lipinski definition) is 2. The second-order valence-electron chi connectivity index (χ2n) is 5.56. The molecule has 0 spiro atoms. The van der Waals surface area contributed by atoms with Gasteiger partial charge in [0.25, 0.3) is 0 Å². The number of amides is 1. The van der Waals surface area contributed by atoms with Gasteiger partial charge in [-0.25, -0.2) is 0 Å². The van der Waals surface area contributed by atoms with Crippen molar-refractivity contribution in [3.8, 4) is 0 Å². The average Bonchev–Trinajstić information content (AvgIpc) is 2.42. The highest BCUT2D eigenvalue weighted by molar-refractivity contribution is 5.95. The normalized spacial score (nSPS) is 10.5. The minimum absolute atomic E-state index is 0.390. The lowest BCUT2D eigenvalue weighted by atomic mass is 10.0. The number of nitrogens with one attached hydrogen (secondary N) is 1. The van der Waals surface area contributed by atoms with Gasteiger partial charge in [-0.1, -0.05) is 18.2 Å². The molecule has 0 heterocycles. The first kappa shape index (κ1) is 15.1. The summed E-state index contributed by atoms with van der Waals surface area (Å²) >= 11 is 0. The summed E-state index contributed by atoms with van der Waals surface area (Å²) in [5.74, 6) is -0.390. The SMILES string of the molecule is Cc1cc(C)c(CNc2cccc(C(N)=O)c2C)cc1C. The Morgan fingerprint density at radius 2 is 1.71 bits per heavy atom. The Kier molecular flexibility index (Phi) is 4.32. The van der Waals surface area contributed by atoms with Gasteiger partial charge in [0.2, 0.25) is 5.91 Å². The van der Waals surface area contributed by atoms with Crippen LogP contribution in [-0.4, -0.2) is 5.91 Å². The third-order valence-electron chi connectivity index (χ3n) is 4.02. The summed E-state index contributed by atoms with van der Waals surface area (Å²) in [6.07, 6.45) is 0. The highest BCUT2D eigenvalue weighted by Crippen LogP contribution is 2.21. The zero-order chi connectivity index (χ0) is 15.6. The maximum atomic E-state index is 11.4. The molecule has 0 atom stereocenters. The van der Waals surface area contributed by atoms with E-state index in [2.05, 4.69) is 38.2 Å². The van der Waals surface area contributed by atoms with Crippen LogP contribution in [0.4, 0.5) is 5.69 Å². The lowest BCUT2D eigenvalue weighted by molar-refractivity contribution is 0.1000. The summed E-state index contributed by atoms with van der Waals surface area (Å²) in [6, 6.07) is 9.99. The highest BCUT2D eigenvalue weighted by Gasteiger charge is 2.09. The molecule has 0 bridgehead atoms. The summed E-state index contributed by atoms with van der Waals surface area (Å²) < 4.78 is 0. The number of aryl methyl sites for hydroxylation is 3. The monoisotopic (exact) mass is 282 g/mol. The van der Waals surface area contributed by atoms with Gasteiger partial charge < -0.3 is 11.1 Å². The molecule has 1 amide bonds. The van der Waals surface area contributed by atoms with Crippen molar-refractivity contribution in [1.82, 2.24) is 0 Å². The van der Waals surface area contributed by atoms with Crippen LogP contribution in [0.2, 0.25) is 0 Å². The first-order valence-electron chi connectivity index (χ1n) is 7.10. The van der Waals surface area contributed by atoms with Crippen molar-refractivity contribution in [2.45, 2.75) is 34.2 Å². The molecule has 0 saturated carbocycles. The fourth-order valence-corrected chi connectivity index (χ4v) is 2.50. The van der Waals surface area contributed by atoms with Gasteiger partial charge in [0.05, 0.1) is 0 Å². The summed E-state index contributed by atoms with van der Waals surface area (Å²) in [5.41, 5.74) is 12.9. The molecule has 2 rings (SSSR count). The van der Waals surface area contributed by atoms with Crippen LogP contribution >= 0.6 is 0 Å². The van der Waals surface area contributed by atoms with E-state index in [1.165, 1.54) is 22.3 Å². The van der Waals surface area contributed by atoms with Crippen molar-refractivity contribution in [2.75, 3.05) is 5.32 Å². The number of anilines is 1. The van der Waals surface area contributed by atoms with Gasteiger partial charge in [0.1, 0.15) is 0 Å². The topological polar surface area (TPSA) is 55.1 Å². The van der Waals surface area contributed by atoms with Gasteiger partial charge in [-0.15, -0.1) is 0 Å². The Morgan fingerprint density at radius 1 is 1.05 bits per heavy atom. The second-order valence-corrected chi connectivity index (χ2v) is 5.56. The number of hydrogen-bond acceptors (Lipinski definition) is 2. The Bertz CT molecular complexity index is 690. The van der Waals surface area contributed by atoms with Gasteiger partial charge in [-0.2, -0.15) is 0 Å². The van der Waals surface area contributed by atoms with Gasteiger partial charge in [0.15, 0.2) is 0 Å². The molecule has 0 aliphatic rings. The molecule has 0 saturated heterocycles. The van der Waals surface area contributed by atoms with Crippen molar-refractivity contribution in [3.63, 3.8) is 0 Å². The van der Waals surface area contributed by atoms with E-state index in [4.69, 9.17) is 5.73 Å². The van der Waals surface area contributed by atoms with Gasteiger partial charge >= 0.3 is 0 Å². The van der Waals surface area contributed by atoms with E-state index in [0.29, 0.717) is 5.56 Å². The van der Waals surface area contributed by atoms with Crippen molar-refractivity contribution in [1.29, 1.82) is 0 Å². The minimum Gasteiger partial charge on any atom is -0.381 e. The Balaban J connectivity index is 2.23. The quantitative estimate of drug-likeness (QED) is 0.899. The van der Waals surface area contributed by atoms with Crippen LogP contribution in [0.1, 0.15) is 38.2 Å². The van der Waals surface area contributed by atoms with Gasteiger partial charge in [0, 0.05) is 17.8 Å². The lowest BCUT2D eigenvalue weighted by Gasteiger charge is -2.14. The largest absolute Gasteiger partial charge is 0.381 e. The van der Waals surface area contributed by atoms with E-state index in [1.807, 2.05) is 19.1 Å². The fourth-order valence-electron chi connectivity index (χ4n) is 2.50. The predicted octanol–water partition coefficient (Wildman–Crippen LogP) is 3.63.